The summed E-state index contributed by atoms with van der Waals surface area (Å²) in [4.78, 5) is 0. The number of halogens is 1. The van der Waals surface area contributed by atoms with Gasteiger partial charge in [0.15, 0.2) is 0 Å². The molecule has 2 aromatic carbocycles. The maximum atomic E-state index is 6.17. The second kappa shape index (κ2) is 6.21. The van der Waals surface area contributed by atoms with E-state index in [1.807, 2.05) is 26.0 Å². The van der Waals surface area contributed by atoms with Crippen LogP contribution in [-0.2, 0) is 5.41 Å². The molecule has 0 bridgehead atoms. The first-order valence-corrected chi connectivity index (χ1v) is 7.91. The van der Waals surface area contributed by atoms with Crippen molar-refractivity contribution in [2.45, 2.75) is 46.1 Å². The Labute approximate surface area is 138 Å². The first-order valence-electron chi connectivity index (χ1n) is 7.54. The third kappa shape index (κ3) is 3.75. The predicted molar refractivity (Wildman–Crippen MR) is 94.9 cm³/mol. The fourth-order valence-corrected chi connectivity index (χ4v) is 2.83. The minimum atomic E-state index is -0.208. The molecule has 2 nitrogen and oxygen atoms in total. The van der Waals surface area contributed by atoms with Gasteiger partial charge in [-0.3, -0.25) is 0 Å². The van der Waals surface area contributed by atoms with Crippen LogP contribution in [0.4, 0.5) is 5.69 Å². The molecule has 0 aliphatic heterocycles. The molecule has 0 saturated heterocycles. The summed E-state index contributed by atoms with van der Waals surface area (Å²) in [5.41, 5.74) is 9.88. The Hall–Kier alpha value is -1.67. The monoisotopic (exact) mass is 317 g/mol. The molecule has 0 saturated carbocycles. The average Bonchev–Trinajstić information content (AvgIpc) is 2.35. The third-order valence-corrected chi connectivity index (χ3v) is 4.00. The lowest BCUT2D eigenvalue weighted by atomic mass is 9.77. The van der Waals surface area contributed by atoms with E-state index in [0.29, 0.717) is 10.7 Å². The van der Waals surface area contributed by atoms with Crippen molar-refractivity contribution in [1.82, 2.24) is 0 Å². The quantitative estimate of drug-likeness (QED) is 0.772. The number of anilines is 1. The molecule has 0 aliphatic rings. The van der Waals surface area contributed by atoms with Crippen LogP contribution >= 0.6 is 11.6 Å². The van der Waals surface area contributed by atoms with Gasteiger partial charge in [0, 0.05) is 16.1 Å². The second-order valence-corrected chi connectivity index (χ2v) is 7.04. The van der Waals surface area contributed by atoms with Gasteiger partial charge in [0.05, 0.1) is 6.10 Å². The highest BCUT2D eigenvalue weighted by Crippen LogP contribution is 2.36. The molecule has 2 rings (SSSR count). The number of rotatable bonds is 4. The largest absolute Gasteiger partial charge is 0.491 e. The first kappa shape index (κ1) is 16.7. The van der Waals surface area contributed by atoms with E-state index in [-0.39, 0.29) is 11.5 Å². The number of nitrogens with two attached hydrogens (primary N) is 1. The summed E-state index contributed by atoms with van der Waals surface area (Å²) in [7, 11) is 0. The lowest BCUT2D eigenvalue weighted by Gasteiger charge is -2.28. The Balaban J connectivity index is 2.50. The average molecular weight is 318 g/mol. The molecular weight excluding hydrogens is 294 g/mol. The Morgan fingerprint density at radius 3 is 2.23 bits per heavy atom. The number of hydrogen-bond acceptors (Lipinski definition) is 2. The van der Waals surface area contributed by atoms with Crippen LogP contribution in [-0.4, -0.2) is 6.10 Å². The molecular formula is C19H24ClNO. The molecule has 3 heteroatoms. The van der Waals surface area contributed by atoms with E-state index in [4.69, 9.17) is 22.1 Å². The summed E-state index contributed by atoms with van der Waals surface area (Å²) >= 11 is 6.17. The van der Waals surface area contributed by atoms with Gasteiger partial charge < -0.3 is 10.5 Å². The van der Waals surface area contributed by atoms with E-state index in [1.165, 1.54) is 11.1 Å². The lowest BCUT2D eigenvalue weighted by Crippen LogP contribution is -2.20. The van der Waals surface area contributed by atoms with Gasteiger partial charge >= 0.3 is 0 Å². The molecule has 2 aromatic rings. The van der Waals surface area contributed by atoms with Crippen LogP contribution in [0.1, 0.15) is 44.4 Å². The van der Waals surface area contributed by atoms with E-state index in [2.05, 4.69) is 39.0 Å². The summed E-state index contributed by atoms with van der Waals surface area (Å²) in [5.74, 6) is 0.896. The molecule has 0 fully saturated rings. The van der Waals surface area contributed by atoms with Crippen molar-refractivity contribution in [1.29, 1.82) is 0 Å². The van der Waals surface area contributed by atoms with Crippen LogP contribution in [0.5, 0.6) is 5.75 Å². The van der Waals surface area contributed by atoms with Gasteiger partial charge in [-0.25, -0.2) is 0 Å². The Morgan fingerprint density at radius 1 is 1.00 bits per heavy atom. The van der Waals surface area contributed by atoms with E-state index in [1.54, 1.807) is 6.07 Å². The summed E-state index contributed by atoms with van der Waals surface area (Å²) in [6.45, 7) is 10.5. The fourth-order valence-electron chi connectivity index (χ4n) is 2.59. The summed E-state index contributed by atoms with van der Waals surface area (Å²) in [6.07, 6.45) is 0.152. The van der Waals surface area contributed by atoms with Gasteiger partial charge in [0.25, 0.3) is 0 Å². The lowest BCUT2D eigenvalue weighted by molar-refractivity contribution is 0.242. The van der Waals surface area contributed by atoms with Gasteiger partial charge in [-0.1, -0.05) is 31.5 Å². The maximum absolute atomic E-state index is 6.17. The third-order valence-electron chi connectivity index (χ3n) is 3.79. The molecule has 0 radical (unpaired) electrons. The Morgan fingerprint density at radius 2 is 1.64 bits per heavy atom. The number of hydrogen-bond donors (Lipinski definition) is 1. The standard InChI is InChI=1S/C19H24ClNO/c1-12(2)22-18-7-13(3)6-14(10-18)19(4,5)15-8-16(20)11-17(21)9-15/h6-12H,21H2,1-5H3. The smallest absolute Gasteiger partial charge is 0.120 e. The van der Waals surface area contributed by atoms with Gasteiger partial charge in [-0.2, -0.15) is 0 Å². The topological polar surface area (TPSA) is 35.2 Å². The molecule has 0 spiro atoms. The van der Waals surface area contributed by atoms with Gasteiger partial charge in [0.2, 0.25) is 0 Å². The van der Waals surface area contributed by atoms with Crippen molar-refractivity contribution in [3.05, 3.63) is 58.1 Å². The number of aryl methyl sites for hydroxylation is 1. The number of benzene rings is 2. The highest BCUT2D eigenvalue weighted by atomic mass is 35.5. The van der Waals surface area contributed by atoms with E-state index in [9.17, 15) is 0 Å². The summed E-state index contributed by atoms with van der Waals surface area (Å²) in [5, 5.41) is 0.661. The summed E-state index contributed by atoms with van der Waals surface area (Å²) < 4.78 is 5.86. The zero-order valence-corrected chi connectivity index (χ0v) is 14.7. The van der Waals surface area contributed by atoms with Crippen LogP contribution < -0.4 is 10.5 Å². The maximum Gasteiger partial charge on any atom is 0.120 e. The molecule has 0 atom stereocenters. The van der Waals surface area contributed by atoms with Crippen LogP contribution in [0.3, 0.4) is 0 Å². The predicted octanol–water partition coefficient (Wildman–Crippen LogP) is 5.34. The molecule has 2 N–H and O–H groups in total. The molecule has 0 aliphatic carbocycles. The van der Waals surface area contributed by atoms with Crippen molar-refractivity contribution in [2.24, 2.45) is 0 Å². The zero-order chi connectivity index (χ0) is 16.5. The number of nitrogen functional groups attached to an aromatic ring is 1. The minimum absolute atomic E-state index is 0.152. The fraction of sp³-hybridized carbons (Fsp3) is 0.368. The highest BCUT2D eigenvalue weighted by Gasteiger charge is 2.25. The molecule has 22 heavy (non-hydrogen) atoms. The van der Waals surface area contributed by atoms with Crippen LogP contribution in [0.25, 0.3) is 0 Å². The summed E-state index contributed by atoms with van der Waals surface area (Å²) in [6, 6.07) is 12.1. The van der Waals surface area contributed by atoms with Crippen LogP contribution in [0, 0.1) is 6.92 Å². The Kier molecular flexibility index (Phi) is 4.72. The molecule has 118 valence electrons. The van der Waals surface area contributed by atoms with E-state index >= 15 is 0 Å². The molecule has 0 unspecified atom stereocenters. The normalized spacial score (nSPS) is 11.8. The molecule has 0 heterocycles. The van der Waals surface area contributed by atoms with Crippen molar-refractivity contribution in [3.8, 4) is 5.75 Å². The van der Waals surface area contributed by atoms with Crippen molar-refractivity contribution in [3.63, 3.8) is 0 Å². The van der Waals surface area contributed by atoms with Gasteiger partial charge in [-0.15, -0.1) is 0 Å². The zero-order valence-electron chi connectivity index (χ0n) is 13.9. The van der Waals surface area contributed by atoms with Crippen LogP contribution in [0.15, 0.2) is 36.4 Å². The highest BCUT2D eigenvalue weighted by molar-refractivity contribution is 6.30. The van der Waals surface area contributed by atoms with Gasteiger partial charge in [-0.05, 0) is 67.8 Å². The van der Waals surface area contributed by atoms with E-state index in [0.717, 1.165) is 11.3 Å². The molecule has 0 amide bonds. The van der Waals surface area contributed by atoms with Crippen molar-refractivity contribution in [2.75, 3.05) is 5.73 Å². The second-order valence-electron chi connectivity index (χ2n) is 6.60. The molecule has 0 aromatic heterocycles. The number of ether oxygens (including phenoxy) is 1. The Bertz CT molecular complexity index is 657. The van der Waals surface area contributed by atoms with Gasteiger partial charge in [0.1, 0.15) is 5.75 Å². The van der Waals surface area contributed by atoms with Crippen molar-refractivity contribution >= 4 is 17.3 Å². The SMILES string of the molecule is Cc1cc(OC(C)C)cc(C(C)(C)c2cc(N)cc(Cl)c2)c1. The minimum Gasteiger partial charge on any atom is -0.491 e. The van der Waals surface area contributed by atoms with Crippen LogP contribution in [0.2, 0.25) is 5.02 Å². The first-order chi connectivity index (χ1) is 10.2. The van der Waals surface area contributed by atoms with E-state index < -0.39 is 0 Å². The van der Waals surface area contributed by atoms with Crippen molar-refractivity contribution < 1.29 is 4.74 Å².